The summed E-state index contributed by atoms with van der Waals surface area (Å²) >= 11 is 4.95. The predicted octanol–water partition coefficient (Wildman–Crippen LogP) is 6.90. The quantitative estimate of drug-likeness (QED) is 0.166. The maximum Gasteiger partial charge on any atom is 0.119 e. The molecule has 2 atom stereocenters. The van der Waals surface area contributed by atoms with E-state index < -0.39 is 12.2 Å². The van der Waals surface area contributed by atoms with E-state index in [1.54, 1.807) is 35.3 Å². The molecular formula is C30H30O4S3. The molecule has 0 aromatic heterocycles. The first-order valence-corrected chi connectivity index (χ1v) is 14.8. The van der Waals surface area contributed by atoms with Crippen LogP contribution in [0.4, 0.5) is 0 Å². The van der Waals surface area contributed by atoms with Crippen LogP contribution in [0.15, 0.2) is 129 Å². The molecule has 0 spiro atoms. The Morgan fingerprint density at radius 2 is 0.838 bits per heavy atom. The smallest absolute Gasteiger partial charge is 0.119 e. The number of aliphatic hydroxyl groups excluding tert-OH is 2. The molecule has 0 saturated heterocycles. The number of hydrogen-bond donors (Lipinski definition) is 2. The number of hydrogen-bond acceptors (Lipinski definition) is 7. The Bertz CT molecular complexity index is 1080. The topological polar surface area (TPSA) is 58.9 Å². The van der Waals surface area contributed by atoms with Crippen molar-refractivity contribution in [2.45, 2.75) is 31.8 Å². The highest BCUT2D eigenvalue weighted by molar-refractivity contribution is 8.00. The fraction of sp³-hybridized carbons (Fsp3) is 0.200. The van der Waals surface area contributed by atoms with Crippen molar-refractivity contribution in [1.82, 2.24) is 0 Å². The second-order valence-corrected chi connectivity index (χ2v) is 11.6. The van der Waals surface area contributed by atoms with E-state index in [1.165, 1.54) is 0 Å². The summed E-state index contributed by atoms with van der Waals surface area (Å²) in [5, 5.41) is 20.4. The van der Waals surface area contributed by atoms with Gasteiger partial charge >= 0.3 is 0 Å². The van der Waals surface area contributed by atoms with Gasteiger partial charge in [0.1, 0.15) is 24.7 Å². The first kappa shape index (κ1) is 27.5. The second kappa shape index (κ2) is 15.0. The predicted molar refractivity (Wildman–Crippen MR) is 154 cm³/mol. The summed E-state index contributed by atoms with van der Waals surface area (Å²) in [5.74, 6) is 2.69. The zero-order chi connectivity index (χ0) is 25.7. The van der Waals surface area contributed by atoms with Gasteiger partial charge in [-0.15, -0.1) is 23.5 Å². The third kappa shape index (κ3) is 10.0. The van der Waals surface area contributed by atoms with Gasteiger partial charge in [0.15, 0.2) is 0 Å². The zero-order valence-corrected chi connectivity index (χ0v) is 22.8. The molecule has 4 nitrogen and oxygen atoms in total. The number of aliphatic hydroxyl groups is 2. The maximum absolute atomic E-state index is 10.2. The van der Waals surface area contributed by atoms with E-state index in [0.29, 0.717) is 11.5 Å². The van der Waals surface area contributed by atoms with Crippen molar-refractivity contribution >= 4 is 35.3 Å². The van der Waals surface area contributed by atoms with Crippen LogP contribution in [0.1, 0.15) is 0 Å². The van der Waals surface area contributed by atoms with E-state index in [1.807, 2.05) is 60.7 Å². The molecule has 0 amide bonds. The highest BCUT2D eigenvalue weighted by Crippen LogP contribution is 2.31. The van der Waals surface area contributed by atoms with Crippen LogP contribution in [-0.4, -0.2) is 47.1 Å². The van der Waals surface area contributed by atoms with Gasteiger partial charge in [0.25, 0.3) is 0 Å². The van der Waals surface area contributed by atoms with Crippen molar-refractivity contribution in [2.75, 3.05) is 24.7 Å². The third-order valence-corrected chi connectivity index (χ3v) is 8.47. The monoisotopic (exact) mass is 550 g/mol. The lowest BCUT2D eigenvalue weighted by Crippen LogP contribution is -2.19. The summed E-state index contributed by atoms with van der Waals surface area (Å²) in [6.45, 7) is 0.555. The maximum atomic E-state index is 10.2. The van der Waals surface area contributed by atoms with Gasteiger partial charge < -0.3 is 19.7 Å². The van der Waals surface area contributed by atoms with E-state index in [4.69, 9.17) is 9.47 Å². The van der Waals surface area contributed by atoms with Gasteiger partial charge in [-0.25, -0.2) is 0 Å². The zero-order valence-electron chi connectivity index (χ0n) is 20.3. The molecule has 0 saturated carbocycles. The molecule has 0 fully saturated rings. The van der Waals surface area contributed by atoms with Gasteiger partial charge in [0.05, 0.1) is 12.2 Å². The van der Waals surface area contributed by atoms with Gasteiger partial charge in [-0.1, -0.05) is 48.2 Å². The standard InChI is InChI=1S/C30H30O4S3/c31-23(19-33-25-7-3-1-4-8-25)21-35-27-11-15-29(16-12-27)37-30-17-13-28(14-18-30)36-22-24(32)20-34-26-9-5-2-6-10-26/h1-18,23-24,31-32H,19-22H2. The Balaban J connectivity index is 1.15. The molecule has 192 valence electrons. The molecular weight excluding hydrogens is 521 g/mol. The third-order valence-electron chi connectivity index (χ3n) is 5.14. The molecule has 7 heteroatoms. The van der Waals surface area contributed by atoms with Crippen molar-refractivity contribution in [3.8, 4) is 11.5 Å². The highest BCUT2D eigenvalue weighted by atomic mass is 32.2. The summed E-state index contributed by atoms with van der Waals surface area (Å²) in [6, 6.07) is 35.8. The Morgan fingerprint density at radius 1 is 0.486 bits per heavy atom. The van der Waals surface area contributed by atoms with E-state index >= 15 is 0 Å². The highest BCUT2D eigenvalue weighted by Gasteiger charge is 2.08. The second-order valence-electron chi connectivity index (χ2n) is 8.22. The Kier molecular flexibility index (Phi) is 11.1. The fourth-order valence-electron chi connectivity index (χ4n) is 3.24. The van der Waals surface area contributed by atoms with E-state index in [2.05, 4.69) is 48.5 Å². The summed E-state index contributed by atoms with van der Waals surface area (Å²) in [4.78, 5) is 4.55. The van der Waals surface area contributed by atoms with Crippen LogP contribution in [0.2, 0.25) is 0 Å². The first-order valence-electron chi connectivity index (χ1n) is 12.0. The van der Waals surface area contributed by atoms with Gasteiger partial charge in [-0.3, -0.25) is 0 Å². The molecule has 0 radical (unpaired) electrons. The molecule has 4 aromatic carbocycles. The molecule has 2 N–H and O–H groups in total. The number of thioether (sulfide) groups is 2. The van der Waals surface area contributed by atoms with Gasteiger partial charge in [-0.05, 0) is 72.8 Å². The van der Waals surface area contributed by atoms with Crippen molar-refractivity contribution in [2.24, 2.45) is 0 Å². The number of benzene rings is 4. The number of rotatable bonds is 14. The van der Waals surface area contributed by atoms with E-state index in [0.717, 1.165) is 31.1 Å². The molecule has 0 heterocycles. The SMILES string of the molecule is OC(COc1ccccc1)CSc1ccc(Sc2ccc(SCC(O)COc3ccccc3)cc2)cc1. The van der Waals surface area contributed by atoms with Crippen molar-refractivity contribution < 1.29 is 19.7 Å². The summed E-state index contributed by atoms with van der Waals surface area (Å²) in [6.07, 6.45) is -1.07. The molecule has 37 heavy (non-hydrogen) atoms. The Hall–Kier alpha value is -2.55. The van der Waals surface area contributed by atoms with Crippen LogP contribution < -0.4 is 9.47 Å². The van der Waals surface area contributed by atoms with Crippen LogP contribution in [0.3, 0.4) is 0 Å². The van der Waals surface area contributed by atoms with Crippen molar-refractivity contribution in [1.29, 1.82) is 0 Å². The van der Waals surface area contributed by atoms with Crippen LogP contribution in [0, 0.1) is 0 Å². The van der Waals surface area contributed by atoms with E-state index in [9.17, 15) is 10.2 Å². The minimum absolute atomic E-state index is 0.277. The van der Waals surface area contributed by atoms with Crippen LogP contribution in [0.5, 0.6) is 11.5 Å². The normalized spacial score (nSPS) is 12.6. The fourth-order valence-corrected chi connectivity index (χ4v) is 5.68. The minimum Gasteiger partial charge on any atom is -0.491 e. The van der Waals surface area contributed by atoms with Crippen LogP contribution >= 0.6 is 35.3 Å². The molecule has 0 aliphatic rings. The lowest BCUT2D eigenvalue weighted by molar-refractivity contribution is 0.126. The molecule has 4 rings (SSSR count). The minimum atomic E-state index is -0.534. The van der Waals surface area contributed by atoms with E-state index in [-0.39, 0.29) is 13.2 Å². The number of para-hydroxylation sites is 2. The Labute approximate surface area is 231 Å². The van der Waals surface area contributed by atoms with Crippen LogP contribution in [-0.2, 0) is 0 Å². The summed E-state index contributed by atoms with van der Waals surface area (Å²) in [5.41, 5.74) is 0. The molecule has 4 aromatic rings. The molecule has 0 bridgehead atoms. The average molecular weight is 551 g/mol. The molecule has 0 aliphatic carbocycles. The average Bonchev–Trinajstić information content (AvgIpc) is 2.95. The lowest BCUT2D eigenvalue weighted by Gasteiger charge is -2.12. The van der Waals surface area contributed by atoms with Gasteiger partial charge in [0, 0.05) is 31.1 Å². The molecule has 2 unspecified atom stereocenters. The summed E-state index contributed by atoms with van der Waals surface area (Å²) < 4.78 is 11.2. The van der Waals surface area contributed by atoms with Crippen molar-refractivity contribution in [3.63, 3.8) is 0 Å². The Morgan fingerprint density at radius 3 is 1.22 bits per heavy atom. The van der Waals surface area contributed by atoms with Crippen LogP contribution in [0.25, 0.3) is 0 Å². The number of ether oxygens (including phenoxy) is 2. The molecule has 0 aliphatic heterocycles. The van der Waals surface area contributed by atoms with Gasteiger partial charge in [-0.2, -0.15) is 0 Å². The summed E-state index contributed by atoms with van der Waals surface area (Å²) in [7, 11) is 0. The van der Waals surface area contributed by atoms with Gasteiger partial charge in [0.2, 0.25) is 0 Å². The largest absolute Gasteiger partial charge is 0.491 e. The lowest BCUT2D eigenvalue weighted by atomic mass is 10.3. The first-order chi connectivity index (χ1) is 18.1. The van der Waals surface area contributed by atoms with Crippen molar-refractivity contribution in [3.05, 3.63) is 109 Å².